The van der Waals surface area contributed by atoms with E-state index >= 15 is 0 Å². The lowest BCUT2D eigenvalue weighted by Crippen LogP contribution is -2.51. The van der Waals surface area contributed by atoms with E-state index in [-0.39, 0.29) is 17.3 Å². The van der Waals surface area contributed by atoms with Crippen molar-refractivity contribution in [2.75, 3.05) is 13.2 Å². The Morgan fingerprint density at radius 2 is 1.78 bits per heavy atom. The van der Waals surface area contributed by atoms with Crippen LogP contribution in [0.3, 0.4) is 0 Å². The highest BCUT2D eigenvalue weighted by atomic mass is 16.5. The monoisotopic (exact) mass is 486 g/mol. The van der Waals surface area contributed by atoms with Gasteiger partial charge in [0.2, 0.25) is 0 Å². The van der Waals surface area contributed by atoms with E-state index in [1.165, 1.54) is 38.5 Å². The molecule has 4 bridgehead atoms. The number of carbonyl (C=O) groups excluding carboxylic acids is 2. The molecule has 0 spiro atoms. The molecule has 3 heterocycles. The number of amides is 1. The third-order valence-corrected chi connectivity index (χ3v) is 8.65. The number of aromatic nitrogens is 3. The molecule has 0 aromatic carbocycles. The van der Waals surface area contributed by atoms with E-state index in [1.807, 2.05) is 40.9 Å². The van der Waals surface area contributed by atoms with Crippen LogP contribution in [0.25, 0.3) is 5.65 Å². The summed E-state index contributed by atoms with van der Waals surface area (Å²) in [7, 11) is 0. The zero-order chi connectivity index (χ0) is 24.7. The number of ether oxygens (including phenoxy) is 1. The minimum atomic E-state index is -0.560. The molecule has 7 rings (SSSR count). The van der Waals surface area contributed by atoms with Gasteiger partial charge in [0.1, 0.15) is 17.3 Å². The van der Waals surface area contributed by atoms with Gasteiger partial charge in [-0.1, -0.05) is 6.07 Å². The molecule has 3 aromatic rings. The molecule has 188 valence electrons. The van der Waals surface area contributed by atoms with Gasteiger partial charge in [-0.05, 0) is 105 Å². The first-order chi connectivity index (χ1) is 17.5. The SMILES string of the molecule is CCOC(=O)C(Cc1ccncc1)c1cn2c(C(=O)NCC34CC5CC(CC(C5)C3)C4)cccc2n1. The van der Waals surface area contributed by atoms with Crippen molar-refractivity contribution in [2.45, 2.75) is 57.8 Å². The van der Waals surface area contributed by atoms with Crippen LogP contribution in [0.1, 0.15) is 73.1 Å². The average molecular weight is 487 g/mol. The second-order valence-electron chi connectivity index (χ2n) is 11.3. The van der Waals surface area contributed by atoms with Crippen LogP contribution in [0.2, 0.25) is 0 Å². The van der Waals surface area contributed by atoms with Crippen LogP contribution < -0.4 is 5.32 Å². The quantitative estimate of drug-likeness (QED) is 0.472. The highest BCUT2D eigenvalue weighted by Crippen LogP contribution is 2.59. The summed E-state index contributed by atoms with van der Waals surface area (Å²) in [6, 6.07) is 9.34. The molecule has 4 aliphatic carbocycles. The lowest BCUT2D eigenvalue weighted by molar-refractivity contribution is -0.145. The van der Waals surface area contributed by atoms with E-state index in [9.17, 15) is 9.59 Å². The molecule has 36 heavy (non-hydrogen) atoms. The van der Waals surface area contributed by atoms with Crippen molar-refractivity contribution in [3.05, 3.63) is 65.9 Å². The fraction of sp³-hybridized carbons (Fsp3) is 0.517. The molecule has 1 atom stereocenters. The van der Waals surface area contributed by atoms with E-state index in [4.69, 9.17) is 9.72 Å². The van der Waals surface area contributed by atoms with E-state index < -0.39 is 5.92 Å². The predicted molar refractivity (Wildman–Crippen MR) is 135 cm³/mol. The summed E-state index contributed by atoms with van der Waals surface area (Å²) in [6.45, 7) is 2.86. The summed E-state index contributed by atoms with van der Waals surface area (Å²) in [5.41, 5.74) is 3.05. The van der Waals surface area contributed by atoms with Gasteiger partial charge < -0.3 is 10.1 Å². The highest BCUT2D eigenvalue weighted by Gasteiger charge is 2.50. The lowest BCUT2D eigenvalue weighted by Gasteiger charge is -2.56. The fourth-order valence-electron chi connectivity index (χ4n) is 7.55. The Kier molecular flexibility index (Phi) is 6.02. The van der Waals surface area contributed by atoms with Gasteiger partial charge in [-0.2, -0.15) is 0 Å². The van der Waals surface area contributed by atoms with Crippen LogP contribution in [-0.2, 0) is 16.0 Å². The molecule has 4 fully saturated rings. The number of hydrogen-bond acceptors (Lipinski definition) is 5. The van der Waals surface area contributed by atoms with Crippen molar-refractivity contribution in [1.82, 2.24) is 19.7 Å². The van der Waals surface area contributed by atoms with Gasteiger partial charge in [0.25, 0.3) is 5.91 Å². The van der Waals surface area contributed by atoms with Gasteiger partial charge >= 0.3 is 5.97 Å². The summed E-state index contributed by atoms with van der Waals surface area (Å²) >= 11 is 0. The van der Waals surface area contributed by atoms with Crippen molar-refractivity contribution in [2.24, 2.45) is 23.2 Å². The zero-order valence-corrected chi connectivity index (χ0v) is 20.9. The topological polar surface area (TPSA) is 85.6 Å². The molecule has 3 aromatic heterocycles. The number of rotatable bonds is 8. The molecule has 4 aliphatic rings. The van der Waals surface area contributed by atoms with Crippen LogP contribution >= 0.6 is 0 Å². The number of hydrogen-bond donors (Lipinski definition) is 1. The van der Waals surface area contributed by atoms with Gasteiger partial charge in [-0.15, -0.1) is 0 Å². The Labute approximate surface area is 211 Å². The van der Waals surface area contributed by atoms with Crippen molar-refractivity contribution in [1.29, 1.82) is 0 Å². The van der Waals surface area contributed by atoms with Gasteiger partial charge in [-0.25, -0.2) is 4.98 Å². The van der Waals surface area contributed by atoms with Crippen molar-refractivity contribution in [3.8, 4) is 0 Å². The van der Waals surface area contributed by atoms with E-state index in [0.717, 1.165) is 29.9 Å². The minimum Gasteiger partial charge on any atom is -0.465 e. The Bertz CT molecular complexity index is 1230. The van der Waals surface area contributed by atoms with Crippen molar-refractivity contribution in [3.63, 3.8) is 0 Å². The van der Waals surface area contributed by atoms with E-state index in [0.29, 0.717) is 30.1 Å². The Hall–Kier alpha value is -3.22. The van der Waals surface area contributed by atoms with Crippen LogP contribution in [-0.4, -0.2) is 39.4 Å². The standard InChI is InChI=1S/C29H34N4O3/c1-2-36-28(35)23(13-19-6-8-30-9-7-19)24-17-33-25(4-3-5-26(33)32-24)27(34)31-18-29-14-20-10-21(15-29)12-22(11-20)16-29/h3-9,17,20-23H,2,10-16,18H2,1H3,(H,31,34). The number of imidazole rings is 1. The third-order valence-electron chi connectivity index (χ3n) is 8.65. The second-order valence-corrected chi connectivity index (χ2v) is 11.3. The van der Waals surface area contributed by atoms with Crippen LogP contribution in [0.4, 0.5) is 0 Å². The highest BCUT2D eigenvalue weighted by molar-refractivity contribution is 5.93. The van der Waals surface area contributed by atoms with Gasteiger partial charge in [0, 0.05) is 25.1 Å². The molecule has 1 unspecified atom stereocenters. The molecule has 7 heteroatoms. The Morgan fingerprint density at radius 1 is 1.08 bits per heavy atom. The zero-order valence-electron chi connectivity index (χ0n) is 20.9. The smallest absolute Gasteiger partial charge is 0.315 e. The first-order valence-corrected chi connectivity index (χ1v) is 13.3. The molecule has 7 nitrogen and oxygen atoms in total. The summed E-state index contributed by atoms with van der Waals surface area (Å²) in [6.07, 6.45) is 13.7. The molecular weight excluding hydrogens is 452 g/mol. The first-order valence-electron chi connectivity index (χ1n) is 13.3. The van der Waals surface area contributed by atoms with E-state index in [1.54, 1.807) is 19.3 Å². The third kappa shape index (κ3) is 4.40. The fourth-order valence-corrected chi connectivity index (χ4v) is 7.55. The van der Waals surface area contributed by atoms with Crippen LogP contribution in [0.15, 0.2) is 48.9 Å². The molecule has 0 aliphatic heterocycles. The van der Waals surface area contributed by atoms with Crippen LogP contribution in [0, 0.1) is 23.2 Å². The van der Waals surface area contributed by atoms with Gasteiger partial charge in [0.15, 0.2) is 0 Å². The lowest BCUT2D eigenvalue weighted by atomic mass is 9.49. The first kappa shape index (κ1) is 23.2. The Balaban J connectivity index is 1.24. The summed E-state index contributed by atoms with van der Waals surface area (Å²) in [5.74, 6) is 1.61. The maximum absolute atomic E-state index is 13.4. The summed E-state index contributed by atoms with van der Waals surface area (Å²) in [5, 5.41) is 3.28. The maximum atomic E-state index is 13.4. The summed E-state index contributed by atoms with van der Waals surface area (Å²) in [4.78, 5) is 35.1. The van der Waals surface area contributed by atoms with E-state index in [2.05, 4.69) is 10.3 Å². The van der Waals surface area contributed by atoms with Crippen LogP contribution in [0.5, 0.6) is 0 Å². The second kappa shape index (κ2) is 9.34. The Morgan fingerprint density at radius 3 is 2.44 bits per heavy atom. The molecule has 0 saturated heterocycles. The molecule has 0 radical (unpaired) electrons. The largest absolute Gasteiger partial charge is 0.465 e. The normalized spacial score (nSPS) is 27.2. The van der Waals surface area contributed by atoms with Crippen molar-refractivity contribution < 1.29 is 14.3 Å². The van der Waals surface area contributed by atoms with Crippen molar-refractivity contribution >= 4 is 17.5 Å². The number of carbonyl (C=O) groups is 2. The number of pyridine rings is 2. The molecular formula is C29H34N4O3. The number of esters is 1. The molecule has 1 N–H and O–H groups in total. The number of nitrogens with one attached hydrogen (secondary N) is 1. The number of nitrogens with zero attached hydrogens (tertiary/aromatic N) is 3. The summed E-state index contributed by atoms with van der Waals surface area (Å²) < 4.78 is 7.19. The average Bonchev–Trinajstić information content (AvgIpc) is 3.30. The minimum absolute atomic E-state index is 0.0814. The molecule has 1 amide bonds. The van der Waals surface area contributed by atoms with Gasteiger partial charge in [-0.3, -0.25) is 19.0 Å². The number of fused-ring (bicyclic) bond motifs is 1. The maximum Gasteiger partial charge on any atom is 0.315 e. The van der Waals surface area contributed by atoms with Gasteiger partial charge in [0.05, 0.1) is 12.3 Å². The molecule has 4 saturated carbocycles. The predicted octanol–water partition coefficient (Wildman–Crippen LogP) is 4.56.